The van der Waals surface area contributed by atoms with Crippen LogP contribution in [0.3, 0.4) is 0 Å². The van der Waals surface area contributed by atoms with Crippen molar-refractivity contribution in [1.82, 2.24) is 5.32 Å². The van der Waals surface area contributed by atoms with Crippen LogP contribution >= 0.6 is 0 Å². The van der Waals surface area contributed by atoms with Crippen LogP contribution in [0.1, 0.15) is 19.8 Å². The van der Waals surface area contributed by atoms with Gasteiger partial charge in [-0.05, 0) is 25.7 Å². The molecule has 3 nitrogen and oxygen atoms in total. The van der Waals surface area contributed by atoms with E-state index in [1.54, 1.807) is 0 Å². The Balaban J connectivity index is 1.66. The highest BCUT2D eigenvalue weighted by molar-refractivity contribution is 7.85. The van der Waals surface area contributed by atoms with Crippen molar-refractivity contribution >= 4 is 10.8 Å². The minimum atomic E-state index is -0.669. The molecule has 1 N–H and O–H groups in total. The molecule has 0 radical (unpaired) electrons. The Morgan fingerprint density at radius 3 is 2.64 bits per heavy atom. The highest BCUT2D eigenvalue weighted by Gasteiger charge is 2.25. The van der Waals surface area contributed by atoms with Gasteiger partial charge in [-0.25, -0.2) is 0 Å². The van der Waals surface area contributed by atoms with Gasteiger partial charge in [-0.15, -0.1) is 0 Å². The van der Waals surface area contributed by atoms with Crippen molar-refractivity contribution in [2.45, 2.75) is 32.0 Å². The summed E-state index contributed by atoms with van der Waals surface area (Å²) in [4.78, 5) is 0. The van der Waals surface area contributed by atoms with E-state index in [-0.39, 0.29) is 6.10 Å². The predicted molar refractivity (Wildman–Crippen MR) is 57.8 cm³/mol. The lowest BCUT2D eigenvalue weighted by molar-refractivity contribution is 0.0694. The van der Waals surface area contributed by atoms with E-state index in [4.69, 9.17) is 4.74 Å². The molecule has 2 saturated heterocycles. The molecular weight excluding hydrogens is 198 g/mol. The van der Waals surface area contributed by atoms with Crippen LogP contribution in [0.15, 0.2) is 0 Å². The van der Waals surface area contributed by atoms with Gasteiger partial charge in [-0.1, -0.05) is 0 Å². The average molecular weight is 217 g/mol. The summed E-state index contributed by atoms with van der Waals surface area (Å²) in [6.45, 7) is 4.19. The number of hydrogen-bond acceptors (Lipinski definition) is 3. The van der Waals surface area contributed by atoms with Crippen molar-refractivity contribution in [2.24, 2.45) is 5.92 Å². The molecule has 2 heterocycles. The average Bonchev–Trinajstić information content (AvgIpc) is 2.44. The van der Waals surface area contributed by atoms with Crippen LogP contribution in [0.25, 0.3) is 0 Å². The van der Waals surface area contributed by atoms with E-state index in [0.717, 1.165) is 37.4 Å². The summed E-state index contributed by atoms with van der Waals surface area (Å²) >= 11 is 0. The van der Waals surface area contributed by atoms with Crippen LogP contribution in [-0.4, -0.2) is 41.0 Å². The van der Waals surface area contributed by atoms with Gasteiger partial charge in [0.1, 0.15) is 0 Å². The van der Waals surface area contributed by atoms with Gasteiger partial charge in [0, 0.05) is 35.4 Å². The van der Waals surface area contributed by atoms with Crippen LogP contribution in [0.5, 0.6) is 0 Å². The van der Waals surface area contributed by atoms with Crippen LogP contribution < -0.4 is 5.32 Å². The lowest BCUT2D eigenvalue weighted by atomic mass is 10.1. The Morgan fingerprint density at radius 2 is 2.14 bits per heavy atom. The molecule has 3 atom stereocenters. The maximum atomic E-state index is 11.7. The number of nitrogens with one attached hydrogen (secondary N) is 1. The van der Waals surface area contributed by atoms with Gasteiger partial charge in [0.25, 0.3) is 0 Å². The normalized spacial score (nSPS) is 35.5. The van der Waals surface area contributed by atoms with Crippen molar-refractivity contribution < 1.29 is 8.95 Å². The molecule has 0 spiro atoms. The van der Waals surface area contributed by atoms with E-state index in [1.165, 1.54) is 0 Å². The minimum absolute atomic E-state index is 0.263. The quantitative estimate of drug-likeness (QED) is 0.746. The maximum absolute atomic E-state index is 11.7. The molecule has 2 fully saturated rings. The summed E-state index contributed by atoms with van der Waals surface area (Å²) in [6.07, 6.45) is 2.86. The maximum Gasteiger partial charge on any atom is 0.0694 e. The SMILES string of the molecule is CC1CCC(CS(=O)CC2CNC2)O1. The molecule has 2 aliphatic rings. The number of rotatable bonds is 4. The molecule has 0 aromatic carbocycles. The van der Waals surface area contributed by atoms with E-state index < -0.39 is 10.8 Å². The molecule has 0 aliphatic carbocycles. The van der Waals surface area contributed by atoms with E-state index >= 15 is 0 Å². The molecule has 0 aromatic rings. The fourth-order valence-electron chi connectivity index (χ4n) is 2.01. The summed E-state index contributed by atoms with van der Waals surface area (Å²) in [5.41, 5.74) is 0. The van der Waals surface area contributed by atoms with E-state index in [1.807, 2.05) is 0 Å². The van der Waals surface area contributed by atoms with Gasteiger partial charge >= 0.3 is 0 Å². The highest BCUT2D eigenvalue weighted by atomic mass is 32.2. The first kappa shape index (κ1) is 10.6. The highest BCUT2D eigenvalue weighted by Crippen LogP contribution is 2.20. The monoisotopic (exact) mass is 217 g/mol. The number of ether oxygens (including phenoxy) is 1. The largest absolute Gasteiger partial charge is 0.374 e. The summed E-state index contributed by atoms with van der Waals surface area (Å²) in [5, 5.41) is 3.20. The Bertz CT molecular complexity index is 218. The summed E-state index contributed by atoms with van der Waals surface area (Å²) < 4.78 is 17.4. The molecular formula is C10H19NO2S. The Labute approximate surface area is 88.0 Å². The smallest absolute Gasteiger partial charge is 0.0694 e. The van der Waals surface area contributed by atoms with Crippen molar-refractivity contribution in [3.05, 3.63) is 0 Å². The lowest BCUT2D eigenvalue weighted by Gasteiger charge is -2.26. The number of hydrogen-bond donors (Lipinski definition) is 1. The van der Waals surface area contributed by atoms with E-state index in [0.29, 0.717) is 12.0 Å². The second-order valence-electron chi connectivity index (χ2n) is 4.44. The Morgan fingerprint density at radius 1 is 1.36 bits per heavy atom. The second kappa shape index (κ2) is 4.73. The lowest BCUT2D eigenvalue weighted by Crippen LogP contribution is -2.45. The molecule has 0 bridgehead atoms. The van der Waals surface area contributed by atoms with Crippen molar-refractivity contribution in [3.63, 3.8) is 0 Å². The Hall–Kier alpha value is 0.0700. The summed E-state index contributed by atoms with van der Waals surface area (Å²) in [5.74, 6) is 2.26. The Kier molecular flexibility index (Phi) is 3.57. The van der Waals surface area contributed by atoms with Crippen LogP contribution in [0, 0.1) is 5.92 Å². The molecule has 4 heteroatoms. The third-order valence-electron chi connectivity index (χ3n) is 2.98. The van der Waals surface area contributed by atoms with Gasteiger partial charge in [-0.3, -0.25) is 4.21 Å². The second-order valence-corrected chi connectivity index (χ2v) is 5.99. The molecule has 0 saturated carbocycles. The van der Waals surface area contributed by atoms with Crippen LogP contribution in [0.4, 0.5) is 0 Å². The van der Waals surface area contributed by atoms with Crippen LogP contribution in [-0.2, 0) is 15.5 Å². The zero-order chi connectivity index (χ0) is 9.97. The summed E-state index contributed by atoms with van der Waals surface area (Å²) in [6, 6.07) is 0. The molecule has 14 heavy (non-hydrogen) atoms. The molecule has 2 rings (SSSR count). The first-order valence-electron chi connectivity index (χ1n) is 5.45. The van der Waals surface area contributed by atoms with Crippen molar-refractivity contribution in [1.29, 1.82) is 0 Å². The van der Waals surface area contributed by atoms with E-state index in [2.05, 4.69) is 12.2 Å². The standard InChI is InChI=1S/C10H19NO2S/c1-8-2-3-10(13-8)7-14(12)6-9-4-11-5-9/h8-11H,2-7H2,1H3. The fourth-order valence-corrected chi connectivity index (χ4v) is 3.57. The van der Waals surface area contributed by atoms with Gasteiger partial charge in [0.05, 0.1) is 12.2 Å². The van der Waals surface area contributed by atoms with Gasteiger partial charge in [-0.2, -0.15) is 0 Å². The first-order valence-corrected chi connectivity index (χ1v) is 6.94. The third kappa shape index (κ3) is 2.78. The van der Waals surface area contributed by atoms with Crippen LogP contribution in [0.2, 0.25) is 0 Å². The predicted octanol–water partition coefficient (Wildman–Crippen LogP) is 0.522. The minimum Gasteiger partial charge on any atom is -0.374 e. The van der Waals surface area contributed by atoms with Gasteiger partial charge < -0.3 is 10.1 Å². The molecule has 0 amide bonds. The van der Waals surface area contributed by atoms with Gasteiger partial charge in [0.2, 0.25) is 0 Å². The van der Waals surface area contributed by atoms with Gasteiger partial charge in [0.15, 0.2) is 0 Å². The molecule has 2 aliphatic heterocycles. The molecule has 0 aromatic heterocycles. The zero-order valence-electron chi connectivity index (χ0n) is 8.70. The van der Waals surface area contributed by atoms with E-state index in [9.17, 15) is 4.21 Å². The van der Waals surface area contributed by atoms with Crippen molar-refractivity contribution in [3.8, 4) is 0 Å². The van der Waals surface area contributed by atoms with Crippen molar-refractivity contribution in [2.75, 3.05) is 24.6 Å². The summed E-state index contributed by atoms with van der Waals surface area (Å²) in [7, 11) is -0.669. The topological polar surface area (TPSA) is 38.3 Å². The zero-order valence-corrected chi connectivity index (χ0v) is 9.52. The molecule has 82 valence electrons. The fraction of sp³-hybridized carbons (Fsp3) is 1.00. The molecule has 3 unspecified atom stereocenters. The third-order valence-corrected chi connectivity index (χ3v) is 4.57. The first-order chi connectivity index (χ1) is 6.74.